The predicted octanol–water partition coefficient (Wildman–Crippen LogP) is 3.20. The van der Waals surface area contributed by atoms with Gasteiger partial charge >= 0.3 is 0 Å². The van der Waals surface area contributed by atoms with Gasteiger partial charge in [-0.15, -0.1) is 0 Å². The molecule has 2 rings (SSSR count). The van der Waals surface area contributed by atoms with Gasteiger partial charge in [-0.05, 0) is 49.1 Å². The number of hydrogen-bond acceptors (Lipinski definition) is 2. The molecule has 0 amide bonds. The number of hydrogen-bond donors (Lipinski definition) is 1. The SMILES string of the molecule is Cc1ccc(C(O)CCc2ccccn2)cc1F. The van der Waals surface area contributed by atoms with Gasteiger partial charge in [-0.2, -0.15) is 0 Å². The van der Waals surface area contributed by atoms with Gasteiger partial charge in [0.1, 0.15) is 5.82 Å². The van der Waals surface area contributed by atoms with Crippen LogP contribution in [0.4, 0.5) is 4.39 Å². The Kier molecular flexibility index (Phi) is 4.05. The van der Waals surface area contributed by atoms with Crippen molar-refractivity contribution in [3.05, 3.63) is 65.2 Å². The summed E-state index contributed by atoms with van der Waals surface area (Å²) >= 11 is 0. The lowest BCUT2D eigenvalue weighted by Gasteiger charge is -2.11. The first-order valence-electron chi connectivity index (χ1n) is 6.01. The van der Waals surface area contributed by atoms with E-state index in [9.17, 15) is 9.50 Å². The summed E-state index contributed by atoms with van der Waals surface area (Å²) < 4.78 is 13.4. The van der Waals surface area contributed by atoms with Gasteiger partial charge in [0, 0.05) is 11.9 Å². The topological polar surface area (TPSA) is 33.1 Å². The number of nitrogens with zero attached hydrogens (tertiary/aromatic N) is 1. The van der Waals surface area contributed by atoms with Crippen LogP contribution in [0.3, 0.4) is 0 Å². The quantitative estimate of drug-likeness (QED) is 0.897. The number of aliphatic hydroxyl groups is 1. The summed E-state index contributed by atoms with van der Waals surface area (Å²) in [6.45, 7) is 1.71. The fourth-order valence-electron chi connectivity index (χ4n) is 1.81. The number of halogens is 1. The lowest BCUT2D eigenvalue weighted by atomic mass is 10.0. The van der Waals surface area contributed by atoms with Gasteiger partial charge in [0.2, 0.25) is 0 Å². The molecule has 18 heavy (non-hydrogen) atoms. The molecule has 1 N–H and O–H groups in total. The lowest BCUT2D eigenvalue weighted by Crippen LogP contribution is -2.01. The van der Waals surface area contributed by atoms with Crippen molar-refractivity contribution >= 4 is 0 Å². The molecule has 3 heteroatoms. The molecule has 2 aromatic rings. The van der Waals surface area contributed by atoms with Crippen molar-refractivity contribution in [3.8, 4) is 0 Å². The third-order valence-electron chi connectivity index (χ3n) is 2.98. The van der Waals surface area contributed by atoms with E-state index < -0.39 is 6.10 Å². The molecule has 1 unspecified atom stereocenters. The Labute approximate surface area is 106 Å². The standard InChI is InChI=1S/C15H16FNO/c1-11-5-6-12(10-14(11)16)15(18)8-7-13-4-2-3-9-17-13/h2-6,9-10,15,18H,7-8H2,1H3. The number of aromatic nitrogens is 1. The fourth-order valence-corrected chi connectivity index (χ4v) is 1.81. The monoisotopic (exact) mass is 245 g/mol. The molecular weight excluding hydrogens is 229 g/mol. The second-order valence-corrected chi connectivity index (χ2v) is 4.38. The van der Waals surface area contributed by atoms with Crippen molar-refractivity contribution < 1.29 is 9.50 Å². The van der Waals surface area contributed by atoms with Crippen LogP contribution in [0.1, 0.15) is 29.3 Å². The molecule has 94 valence electrons. The molecule has 2 nitrogen and oxygen atoms in total. The van der Waals surface area contributed by atoms with Crippen LogP contribution in [0.15, 0.2) is 42.6 Å². The average Bonchev–Trinajstić information content (AvgIpc) is 2.40. The van der Waals surface area contributed by atoms with Gasteiger partial charge in [-0.3, -0.25) is 4.98 Å². The van der Waals surface area contributed by atoms with Gasteiger partial charge in [0.05, 0.1) is 6.10 Å². The number of aliphatic hydroxyl groups excluding tert-OH is 1. The van der Waals surface area contributed by atoms with E-state index >= 15 is 0 Å². The van der Waals surface area contributed by atoms with Crippen LogP contribution in [0.5, 0.6) is 0 Å². The maximum Gasteiger partial charge on any atom is 0.126 e. The van der Waals surface area contributed by atoms with E-state index in [1.165, 1.54) is 6.07 Å². The van der Waals surface area contributed by atoms with E-state index in [0.717, 1.165) is 5.69 Å². The lowest BCUT2D eigenvalue weighted by molar-refractivity contribution is 0.167. The van der Waals surface area contributed by atoms with E-state index in [1.807, 2.05) is 18.2 Å². The molecular formula is C15H16FNO. The largest absolute Gasteiger partial charge is 0.388 e. The van der Waals surface area contributed by atoms with E-state index in [2.05, 4.69) is 4.98 Å². The normalized spacial score (nSPS) is 12.4. The Morgan fingerprint density at radius 3 is 2.78 bits per heavy atom. The van der Waals surface area contributed by atoms with E-state index in [0.29, 0.717) is 24.0 Å². The van der Waals surface area contributed by atoms with Crippen molar-refractivity contribution in [1.29, 1.82) is 0 Å². The summed E-state index contributed by atoms with van der Waals surface area (Å²) in [6.07, 6.45) is 2.30. The average molecular weight is 245 g/mol. The van der Waals surface area contributed by atoms with Crippen LogP contribution < -0.4 is 0 Å². The van der Waals surface area contributed by atoms with Gasteiger partial charge in [0.25, 0.3) is 0 Å². The zero-order valence-corrected chi connectivity index (χ0v) is 10.3. The van der Waals surface area contributed by atoms with Crippen LogP contribution in [0.25, 0.3) is 0 Å². The molecule has 0 saturated heterocycles. The molecule has 0 bridgehead atoms. The first-order valence-corrected chi connectivity index (χ1v) is 6.01. The minimum absolute atomic E-state index is 0.274. The molecule has 0 aliphatic rings. The zero-order valence-electron chi connectivity index (χ0n) is 10.3. The predicted molar refractivity (Wildman–Crippen MR) is 68.7 cm³/mol. The molecule has 1 aromatic carbocycles. The van der Waals surface area contributed by atoms with Crippen LogP contribution in [-0.4, -0.2) is 10.1 Å². The van der Waals surface area contributed by atoms with Crippen molar-refractivity contribution in [2.24, 2.45) is 0 Å². The van der Waals surface area contributed by atoms with Gasteiger partial charge < -0.3 is 5.11 Å². The van der Waals surface area contributed by atoms with Gasteiger partial charge in [0.15, 0.2) is 0 Å². The summed E-state index contributed by atoms with van der Waals surface area (Å²) in [5, 5.41) is 10.0. The molecule has 0 saturated carbocycles. The fraction of sp³-hybridized carbons (Fsp3) is 0.267. The molecule has 1 atom stereocenters. The molecule has 0 fully saturated rings. The molecule has 0 aliphatic carbocycles. The zero-order chi connectivity index (χ0) is 13.0. The Bertz CT molecular complexity index is 513. The van der Waals surface area contributed by atoms with E-state index in [-0.39, 0.29) is 5.82 Å². The van der Waals surface area contributed by atoms with Gasteiger partial charge in [-0.1, -0.05) is 18.2 Å². The van der Waals surface area contributed by atoms with E-state index in [1.54, 1.807) is 25.3 Å². The van der Waals surface area contributed by atoms with Crippen molar-refractivity contribution in [2.75, 3.05) is 0 Å². The summed E-state index contributed by atoms with van der Waals surface area (Å²) in [6, 6.07) is 10.5. The Morgan fingerprint density at radius 1 is 1.28 bits per heavy atom. The van der Waals surface area contributed by atoms with Crippen LogP contribution >= 0.6 is 0 Å². The molecule has 1 heterocycles. The maximum atomic E-state index is 13.4. The molecule has 0 aliphatic heterocycles. The number of benzene rings is 1. The smallest absolute Gasteiger partial charge is 0.126 e. The Hall–Kier alpha value is -1.74. The highest BCUT2D eigenvalue weighted by atomic mass is 19.1. The summed E-state index contributed by atoms with van der Waals surface area (Å²) in [4.78, 5) is 4.19. The summed E-state index contributed by atoms with van der Waals surface area (Å²) in [7, 11) is 0. The Morgan fingerprint density at radius 2 is 2.11 bits per heavy atom. The third-order valence-corrected chi connectivity index (χ3v) is 2.98. The first kappa shape index (κ1) is 12.7. The van der Waals surface area contributed by atoms with Crippen LogP contribution in [0, 0.1) is 12.7 Å². The van der Waals surface area contributed by atoms with Gasteiger partial charge in [-0.25, -0.2) is 4.39 Å². The highest BCUT2D eigenvalue weighted by Gasteiger charge is 2.10. The Balaban J connectivity index is 1.99. The first-order chi connectivity index (χ1) is 8.66. The second kappa shape index (κ2) is 5.74. The van der Waals surface area contributed by atoms with Crippen molar-refractivity contribution in [2.45, 2.75) is 25.9 Å². The third kappa shape index (κ3) is 3.14. The summed E-state index contributed by atoms with van der Waals surface area (Å²) in [5.41, 5.74) is 2.15. The van der Waals surface area contributed by atoms with Crippen LogP contribution in [-0.2, 0) is 6.42 Å². The number of aryl methyl sites for hydroxylation is 2. The van der Waals surface area contributed by atoms with Crippen LogP contribution in [0.2, 0.25) is 0 Å². The number of rotatable bonds is 4. The minimum Gasteiger partial charge on any atom is -0.388 e. The minimum atomic E-state index is -0.651. The molecule has 0 radical (unpaired) electrons. The molecule has 1 aromatic heterocycles. The second-order valence-electron chi connectivity index (χ2n) is 4.38. The number of pyridine rings is 1. The summed E-state index contributed by atoms with van der Waals surface area (Å²) in [5.74, 6) is -0.274. The maximum absolute atomic E-state index is 13.4. The highest BCUT2D eigenvalue weighted by molar-refractivity contribution is 5.25. The van der Waals surface area contributed by atoms with E-state index in [4.69, 9.17) is 0 Å². The highest BCUT2D eigenvalue weighted by Crippen LogP contribution is 2.20. The van der Waals surface area contributed by atoms with Crippen molar-refractivity contribution in [3.63, 3.8) is 0 Å². The molecule has 0 spiro atoms. The van der Waals surface area contributed by atoms with Crippen molar-refractivity contribution in [1.82, 2.24) is 4.98 Å².